The van der Waals surface area contributed by atoms with E-state index in [1.807, 2.05) is 0 Å². The first kappa shape index (κ1) is 20.7. The molecule has 1 unspecified atom stereocenters. The van der Waals surface area contributed by atoms with Gasteiger partial charge in [0, 0.05) is 24.5 Å². The number of hydrogen-bond acceptors (Lipinski definition) is 4. The first-order valence-electron chi connectivity index (χ1n) is 9.66. The SMILES string of the molecule is O=C(c1cccc(C(F)(F)F)c1)N1CCc2cnccc2C1COc1ccc(O)cc1. The highest BCUT2D eigenvalue weighted by molar-refractivity contribution is 5.95. The smallest absolute Gasteiger partial charge is 0.416 e. The van der Waals surface area contributed by atoms with Crippen molar-refractivity contribution in [3.05, 3.63) is 89.2 Å². The molecule has 4 rings (SSSR count). The zero-order valence-corrected chi connectivity index (χ0v) is 16.3. The van der Waals surface area contributed by atoms with Crippen molar-refractivity contribution in [1.29, 1.82) is 0 Å². The van der Waals surface area contributed by atoms with E-state index in [0.29, 0.717) is 18.7 Å². The lowest BCUT2D eigenvalue weighted by Crippen LogP contribution is -2.42. The van der Waals surface area contributed by atoms with Crippen molar-refractivity contribution in [2.24, 2.45) is 0 Å². The maximum atomic E-state index is 13.2. The number of halogens is 3. The number of alkyl halides is 3. The summed E-state index contributed by atoms with van der Waals surface area (Å²) >= 11 is 0. The fourth-order valence-corrected chi connectivity index (χ4v) is 3.67. The number of phenols is 1. The van der Waals surface area contributed by atoms with Gasteiger partial charge < -0.3 is 14.7 Å². The van der Waals surface area contributed by atoms with Crippen LogP contribution in [-0.2, 0) is 12.6 Å². The number of aromatic hydroxyl groups is 1. The number of carbonyl (C=O) groups excluding carboxylic acids is 1. The van der Waals surface area contributed by atoms with E-state index in [0.717, 1.165) is 23.3 Å². The van der Waals surface area contributed by atoms with Gasteiger partial charge in [-0.25, -0.2) is 0 Å². The lowest BCUT2D eigenvalue weighted by Gasteiger charge is -2.37. The Hall–Kier alpha value is -3.55. The molecule has 0 saturated heterocycles. The maximum absolute atomic E-state index is 13.2. The van der Waals surface area contributed by atoms with Crippen LogP contribution in [0.3, 0.4) is 0 Å². The number of aromatic nitrogens is 1. The average molecular weight is 428 g/mol. The molecular weight excluding hydrogens is 409 g/mol. The molecule has 0 spiro atoms. The molecule has 1 N–H and O–H groups in total. The highest BCUT2D eigenvalue weighted by Gasteiger charge is 2.34. The number of benzene rings is 2. The van der Waals surface area contributed by atoms with Crippen molar-refractivity contribution < 1.29 is 27.8 Å². The molecule has 2 aromatic carbocycles. The second-order valence-electron chi connectivity index (χ2n) is 7.22. The molecule has 0 fully saturated rings. The summed E-state index contributed by atoms with van der Waals surface area (Å²) < 4.78 is 45.2. The number of hydrogen-bond donors (Lipinski definition) is 1. The molecule has 0 radical (unpaired) electrons. The van der Waals surface area contributed by atoms with Crippen molar-refractivity contribution >= 4 is 5.91 Å². The zero-order chi connectivity index (χ0) is 22.0. The number of ether oxygens (including phenoxy) is 1. The van der Waals surface area contributed by atoms with Crippen LogP contribution in [0.5, 0.6) is 11.5 Å². The highest BCUT2D eigenvalue weighted by atomic mass is 19.4. The Bertz CT molecular complexity index is 1080. The zero-order valence-electron chi connectivity index (χ0n) is 16.3. The summed E-state index contributed by atoms with van der Waals surface area (Å²) in [6.45, 7) is 0.434. The van der Waals surface area contributed by atoms with Gasteiger partial charge in [0.15, 0.2) is 0 Å². The van der Waals surface area contributed by atoms with Gasteiger partial charge in [-0.15, -0.1) is 0 Å². The monoisotopic (exact) mass is 428 g/mol. The predicted molar refractivity (Wildman–Crippen MR) is 107 cm³/mol. The van der Waals surface area contributed by atoms with Crippen LogP contribution in [-0.4, -0.2) is 34.0 Å². The van der Waals surface area contributed by atoms with Gasteiger partial charge in [-0.2, -0.15) is 13.2 Å². The molecule has 5 nitrogen and oxygen atoms in total. The lowest BCUT2D eigenvalue weighted by atomic mass is 9.94. The van der Waals surface area contributed by atoms with E-state index >= 15 is 0 Å². The van der Waals surface area contributed by atoms with Crippen LogP contribution in [0.4, 0.5) is 13.2 Å². The molecule has 0 aliphatic carbocycles. The Morgan fingerprint density at radius 2 is 1.94 bits per heavy atom. The van der Waals surface area contributed by atoms with Crippen molar-refractivity contribution in [3.63, 3.8) is 0 Å². The van der Waals surface area contributed by atoms with Crippen LogP contribution < -0.4 is 4.74 Å². The van der Waals surface area contributed by atoms with E-state index in [2.05, 4.69) is 4.98 Å². The Labute approximate surface area is 176 Å². The second-order valence-corrected chi connectivity index (χ2v) is 7.22. The fraction of sp³-hybridized carbons (Fsp3) is 0.217. The summed E-state index contributed by atoms with van der Waals surface area (Å²) in [6.07, 6.45) is -0.638. The summed E-state index contributed by atoms with van der Waals surface area (Å²) in [5.41, 5.74) is 0.925. The van der Waals surface area contributed by atoms with Crippen LogP contribution >= 0.6 is 0 Å². The molecule has 31 heavy (non-hydrogen) atoms. The third-order valence-corrected chi connectivity index (χ3v) is 5.24. The van der Waals surface area contributed by atoms with Gasteiger partial charge in [0.1, 0.15) is 18.1 Å². The number of phenolic OH excluding ortho intramolecular Hbond substituents is 1. The Balaban J connectivity index is 1.63. The fourth-order valence-electron chi connectivity index (χ4n) is 3.67. The summed E-state index contributed by atoms with van der Waals surface area (Å²) in [4.78, 5) is 18.9. The molecule has 1 amide bonds. The van der Waals surface area contributed by atoms with E-state index < -0.39 is 23.7 Å². The van der Waals surface area contributed by atoms with Crippen molar-refractivity contribution in [2.45, 2.75) is 18.6 Å². The largest absolute Gasteiger partial charge is 0.508 e. The minimum absolute atomic E-state index is 0.0260. The predicted octanol–water partition coefficient (Wildman–Crippen LogP) is 4.62. The molecule has 3 aromatic rings. The lowest BCUT2D eigenvalue weighted by molar-refractivity contribution is -0.137. The van der Waals surface area contributed by atoms with Crippen molar-refractivity contribution in [3.8, 4) is 11.5 Å². The molecule has 1 atom stereocenters. The first-order valence-corrected chi connectivity index (χ1v) is 9.66. The highest BCUT2D eigenvalue weighted by Crippen LogP contribution is 2.33. The van der Waals surface area contributed by atoms with Gasteiger partial charge in [0.2, 0.25) is 0 Å². The van der Waals surface area contributed by atoms with Crippen LogP contribution in [0.2, 0.25) is 0 Å². The number of fused-ring (bicyclic) bond motifs is 1. The van der Waals surface area contributed by atoms with Crippen LogP contribution in [0.1, 0.15) is 33.1 Å². The number of amides is 1. The van der Waals surface area contributed by atoms with Gasteiger partial charge in [0.05, 0.1) is 11.6 Å². The molecule has 2 heterocycles. The first-order chi connectivity index (χ1) is 14.8. The Morgan fingerprint density at radius 1 is 1.16 bits per heavy atom. The van der Waals surface area contributed by atoms with Gasteiger partial charge in [-0.1, -0.05) is 6.07 Å². The van der Waals surface area contributed by atoms with Crippen molar-refractivity contribution in [2.75, 3.05) is 13.2 Å². The summed E-state index contributed by atoms with van der Waals surface area (Å²) in [5.74, 6) is 0.112. The number of pyridine rings is 1. The molecule has 1 aliphatic rings. The van der Waals surface area contributed by atoms with E-state index in [9.17, 15) is 23.1 Å². The van der Waals surface area contributed by atoms with E-state index in [4.69, 9.17) is 4.74 Å². The Kier molecular flexibility index (Phi) is 5.54. The van der Waals surface area contributed by atoms with E-state index in [1.54, 1.807) is 30.6 Å². The summed E-state index contributed by atoms with van der Waals surface area (Å²) in [5, 5.41) is 9.43. The molecule has 1 aliphatic heterocycles. The van der Waals surface area contributed by atoms with Crippen molar-refractivity contribution in [1.82, 2.24) is 9.88 Å². The second kappa shape index (κ2) is 8.29. The van der Waals surface area contributed by atoms with Gasteiger partial charge in [0.25, 0.3) is 5.91 Å². The number of rotatable bonds is 4. The molecular formula is C23H19F3N2O3. The minimum atomic E-state index is -4.53. The minimum Gasteiger partial charge on any atom is -0.508 e. The standard InChI is InChI=1S/C23H19F3N2O3/c24-23(25,26)17-3-1-2-15(12-17)22(30)28-11-9-16-13-27-10-8-20(16)21(28)14-31-19-6-4-18(29)5-7-19/h1-8,10,12-13,21,29H,9,11,14H2. The molecule has 8 heteroatoms. The van der Waals surface area contributed by atoms with Crippen LogP contribution in [0.15, 0.2) is 67.0 Å². The average Bonchev–Trinajstić information content (AvgIpc) is 2.77. The molecule has 160 valence electrons. The van der Waals surface area contributed by atoms with Gasteiger partial charge >= 0.3 is 6.18 Å². The number of nitrogens with zero attached hydrogens (tertiary/aromatic N) is 2. The third kappa shape index (κ3) is 4.47. The summed E-state index contributed by atoms with van der Waals surface area (Å²) in [6, 6.07) is 11.9. The normalized spacial score (nSPS) is 16.0. The van der Waals surface area contributed by atoms with Gasteiger partial charge in [-0.3, -0.25) is 9.78 Å². The quantitative estimate of drug-likeness (QED) is 0.659. The third-order valence-electron chi connectivity index (χ3n) is 5.24. The topological polar surface area (TPSA) is 62.7 Å². The van der Waals surface area contributed by atoms with E-state index in [1.165, 1.54) is 29.2 Å². The molecule has 0 saturated carbocycles. The summed E-state index contributed by atoms with van der Waals surface area (Å²) in [7, 11) is 0. The van der Waals surface area contributed by atoms with Crippen LogP contribution in [0, 0.1) is 0 Å². The van der Waals surface area contributed by atoms with Crippen LogP contribution in [0.25, 0.3) is 0 Å². The molecule has 1 aromatic heterocycles. The van der Waals surface area contributed by atoms with Gasteiger partial charge in [-0.05, 0) is 66.1 Å². The maximum Gasteiger partial charge on any atom is 0.416 e. The number of carbonyl (C=O) groups is 1. The van der Waals surface area contributed by atoms with E-state index in [-0.39, 0.29) is 17.9 Å². The molecule has 0 bridgehead atoms. The Morgan fingerprint density at radius 3 is 2.68 bits per heavy atom.